The number of rotatable bonds is 4. The molecule has 2 atom stereocenters. The SMILES string of the molecule is CC.COC(=O)C1CC(Oc2cccc(B3OC(C)(C)C(C)(C)O3)c2)CN1C(=O)OC(C)(C)C. The van der Waals surface area contributed by atoms with Crippen LogP contribution < -0.4 is 10.2 Å². The van der Waals surface area contributed by atoms with E-state index in [2.05, 4.69) is 0 Å². The van der Waals surface area contributed by atoms with Gasteiger partial charge in [-0.05, 0) is 66.1 Å². The van der Waals surface area contributed by atoms with Gasteiger partial charge in [-0.2, -0.15) is 0 Å². The molecular weight excluding hydrogens is 437 g/mol. The van der Waals surface area contributed by atoms with Gasteiger partial charge in [0.1, 0.15) is 23.5 Å². The molecule has 0 radical (unpaired) electrons. The fourth-order valence-electron chi connectivity index (χ4n) is 3.67. The summed E-state index contributed by atoms with van der Waals surface area (Å²) in [6.07, 6.45) is -0.641. The van der Waals surface area contributed by atoms with Gasteiger partial charge in [0, 0.05) is 6.42 Å². The first-order chi connectivity index (χ1) is 15.7. The Labute approximate surface area is 204 Å². The molecule has 2 unspecified atom stereocenters. The number of carbonyl (C=O) groups is 2. The lowest BCUT2D eigenvalue weighted by Gasteiger charge is -2.32. The van der Waals surface area contributed by atoms with Crippen LogP contribution in [0.25, 0.3) is 0 Å². The van der Waals surface area contributed by atoms with Crippen molar-refractivity contribution in [2.75, 3.05) is 13.7 Å². The van der Waals surface area contributed by atoms with Gasteiger partial charge in [0.25, 0.3) is 0 Å². The van der Waals surface area contributed by atoms with E-state index in [-0.39, 0.29) is 12.6 Å². The molecule has 0 aromatic heterocycles. The quantitative estimate of drug-likeness (QED) is 0.480. The lowest BCUT2D eigenvalue weighted by molar-refractivity contribution is -0.145. The van der Waals surface area contributed by atoms with E-state index in [0.29, 0.717) is 12.2 Å². The highest BCUT2D eigenvalue weighted by Gasteiger charge is 2.52. The molecule has 3 rings (SSSR count). The molecule has 8 nitrogen and oxygen atoms in total. The summed E-state index contributed by atoms with van der Waals surface area (Å²) >= 11 is 0. The number of methoxy groups -OCH3 is 1. The third-order valence-electron chi connectivity index (χ3n) is 6.05. The van der Waals surface area contributed by atoms with Crippen LogP contribution in [0.4, 0.5) is 4.79 Å². The molecular formula is C25H40BNO7. The van der Waals surface area contributed by atoms with Crippen LogP contribution in [0, 0.1) is 0 Å². The average molecular weight is 477 g/mol. The van der Waals surface area contributed by atoms with Crippen LogP contribution in [0.3, 0.4) is 0 Å². The molecule has 0 bridgehead atoms. The third kappa shape index (κ3) is 6.45. The van der Waals surface area contributed by atoms with Crippen LogP contribution in [-0.2, 0) is 23.6 Å². The Bertz CT molecular complexity index is 849. The number of ether oxygens (including phenoxy) is 3. The summed E-state index contributed by atoms with van der Waals surface area (Å²) < 4.78 is 28.7. The predicted molar refractivity (Wildman–Crippen MR) is 131 cm³/mol. The van der Waals surface area contributed by atoms with E-state index in [1.165, 1.54) is 12.0 Å². The van der Waals surface area contributed by atoms with Gasteiger partial charge >= 0.3 is 19.2 Å². The van der Waals surface area contributed by atoms with Crippen molar-refractivity contribution < 1.29 is 33.1 Å². The smallest absolute Gasteiger partial charge is 0.489 e. The first-order valence-corrected chi connectivity index (χ1v) is 11.9. The van der Waals surface area contributed by atoms with Gasteiger partial charge in [0.15, 0.2) is 0 Å². The van der Waals surface area contributed by atoms with Crippen LogP contribution in [-0.4, -0.2) is 66.7 Å². The topological polar surface area (TPSA) is 83.5 Å². The molecule has 2 saturated heterocycles. The highest BCUT2D eigenvalue weighted by atomic mass is 16.7. The van der Waals surface area contributed by atoms with Gasteiger partial charge in [-0.3, -0.25) is 4.90 Å². The van der Waals surface area contributed by atoms with Crippen molar-refractivity contribution in [3.8, 4) is 5.75 Å². The van der Waals surface area contributed by atoms with E-state index in [9.17, 15) is 9.59 Å². The number of hydrogen-bond acceptors (Lipinski definition) is 7. The lowest BCUT2D eigenvalue weighted by atomic mass is 9.79. The van der Waals surface area contributed by atoms with Crippen molar-refractivity contribution in [3.05, 3.63) is 24.3 Å². The monoisotopic (exact) mass is 477 g/mol. The van der Waals surface area contributed by atoms with E-state index in [1.54, 1.807) is 20.8 Å². The zero-order valence-corrected chi connectivity index (χ0v) is 22.3. The van der Waals surface area contributed by atoms with Crippen LogP contribution in [0.2, 0.25) is 0 Å². The summed E-state index contributed by atoms with van der Waals surface area (Å²) in [7, 11) is 0.797. The number of benzene rings is 1. The van der Waals surface area contributed by atoms with Gasteiger partial charge in [-0.1, -0.05) is 26.0 Å². The normalized spacial score (nSPS) is 23.1. The van der Waals surface area contributed by atoms with Gasteiger partial charge in [0.2, 0.25) is 0 Å². The summed E-state index contributed by atoms with van der Waals surface area (Å²) in [6.45, 7) is 17.6. The maximum atomic E-state index is 12.6. The van der Waals surface area contributed by atoms with Crippen molar-refractivity contribution in [2.24, 2.45) is 0 Å². The van der Waals surface area contributed by atoms with Crippen LogP contribution in [0.5, 0.6) is 5.75 Å². The Balaban J connectivity index is 0.00000199. The summed E-state index contributed by atoms with van der Waals surface area (Å²) in [5.41, 5.74) is -0.718. The van der Waals surface area contributed by atoms with E-state index < -0.39 is 42.0 Å². The molecule has 2 aliphatic rings. The first-order valence-electron chi connectivity index (χ1n) is 11.9. The summed E-state index contributed by atoms with van der Waals surface area (Å²) in [4.78, 5) is 26.3. The van der Waals surface area contributed by atoms with E-state index in [1.807, 2.05) is 65.8 Å². The Morgan fingerprint density at radius 1 is 1.09 bits per heavy atom. The lowest BCUT2D eigenvalue weighted by Crippen LogP contribution is -2.44. The standard InChI is InChI=1S/C23H34BNO7.C2H6/c1-21(2,3)30-20(27)25-14-17(13-18(25)19(26)28-8)29-16-11-9-10-15(12-16)24-31-22(4,5)23(6,7)32-24;1-2/h9-12,17-18H,13-14H2,1-8H3;1-2H3. The molecule has 1 aromatic rings. The molecule has 2 aliphatic heterocycles. The predicted octanol–water partition coefficient (Wildman–Crippen LogP) is 3.94. The highest BCUT2D eigenvalue weighted by Crippen LogP contribution is 2.36. The van der Waals surface area contributed by atoms with Gasteiger partial charge in [-0.15, -0.1) is 0 Å². The minimum atomic E-state index is -0.758. The largest absolute Gasteiger partial charge is 0.494 e. The van der Waals surface area contributed by atoms with Crippen LogP contribution in [0.15, 0.2) is 24.3 Å². The van der Waals surface area contributed by atoms with Gasteiger partial charge in [-0.25, -0.2) is 9.59 Å². The molecule has 0 N–H and O–H groups in total. The van der Waals surface area contributed by atoms with Crippen molar-refractivity contribution in [3.63, 3.8) is 0 Å². The molecule has 1 aromatic carbocycles. The van der Waals surface area contributed by atoms with E-state index >= 15 is 0 Å². The number of carbonyl (C=O) groups excluding carboxylic acids is 2. The third-order valence-corrected chi connectivity index (χ3v) is 6.05. The number of likely N-dealkylation sites (tertiary alicyclic amines) is 1. The second-order valence-electron chi connectivity index (χ2n) is 10.3. The first kappa shape index (κ1) is 28.0. The maximum absolute atomic E-state index is 12.6. The molecule has 9 heteroatoms. The zero-order valence-electron chi connectivity index (χ0n) is 22.3. The van der Waals surface area contributed by atoms with Crippen molar-refractivity contribution >= 4 is 24.6 Å². The minimum Gasteiger partial charge on any atom is -0.489 e. The molecule has 190 valence electrons. The Morgan fingerprint density at radius 3 is 2.21 bits per heavy atom. The summed E-state index contributed by atoms with van der Waals surface area (Å²) in [6, 6.07) is 6.73. The van der Waals surface area contributed by atoms with Crippen molar-refractivity contribution in [1.29, 1.82) is 0 Å². The Kier molecular flexibility index (Phi) is 8.69. The maximum Gasteiger partial charge on any atom is 0.494 e. The number of esters is 1. The summed E-state index contributed by atoms with van der Waals surface area (Å²) in [5.74, 6) is 0.116. The van der Waals surface area contributed by atoms with E-state index in [0.717, 1.165) is 5.46 Å². The zero-order chi connectivity index (χ0) is 25.9. The second-order valence-corrected chi connectivity index (χ2v) is 10.3. The Hall–Kier alpha value is -2.26. The molecule has 0 saturated carbocycles. The Morgan fingerprint density at radius 2 is 1.68 bits per heavy atom. The average Bonchev–Trinajstić information content (AvgIpc) is 3.25. The molecule has 1 amide bonds. The van der Waals surface area contributed by atoms with Crippen molar-refractivity contribution in [1.82, 2.24) is 4.90 Å². The number of amides is 1. The van der Waals surface area contributed by atoms with Gasteiger partial charge in [0.05, 0.1) is 24.9 Å². The van der Waals surface area contributed by atoms with Crippen molar-refractivity contribution in [2.45, 2.75) is 97.7 Å². The molecule has 0 spiro atoms. The van der Waals surface area contributed by atoms with Crippen LogP contribution in [0.1, 0.15) is 68.7 Å². The van der Waals surface area contributed by atoms with Crippen LogP contribution >= 0.6 is 0 Å². The second kappa shape index (κ2) is 10.6. The highest BCUT2D eigenvalue weighted by molar-refractivity contribution is 6.62. The van der Waals surface area contributed by atoms with E-state index in [4.69, 9.17) is 23.5 Å². The fraction of sp³-hybridized carbons (Fsp3) is 0.680. The number of nitrogens with zero attached hydrogens (tertiary/aromatic N) is 1. The molecule has 2 fully saturated rings. The summed E-state index contributed by atoms with van der Waals surface area (Å²) in [5, 5.41) is 0. The molecule has 34 heavy (non-hydrogen) atoms. The fourth-order valence-corrected chi connectivity index (χ4v) is 3.67. The molecule has 2 heterocycles. The van der Waals surface area contributed by atoms with Gasteiger partial charge < -0.3 is 23.5 Å². The number of hydrogen-bond donors (Lipinski definition) is 0. The minimum absolute atomic E-state index is 0.218. The molecule has 0 aliphatic carbocycles.